The van der Waals surface area contributed by atoms with Gasteiger partial charge in [-0.25, -0.2) is 9.78 Å². The van der Waals surface area contributed by atoms with Gasteiger partial charge in [0.1, 0.15) is 17.4 Å². The Morgan fingerprint density at radius 2 is 1.64 bits per heavy atom. The number of aryl methyl sites for hydroxylation is 2. The number of carbonyl (C=O) groups excluding carboxylic acids is 1. The van der Waals surface area contributed by atoms with Crippen molar-refractivity contribution >= 4 is 5.78 Å². The molecular weight excluding hydrogens is 596 g/mol. The summed E-state index contributed by atoms with van der Waals surface area (Å²) >= 11 is 0. The van der Waals surface area contributed by atoms with Gasteiger partial charge in [-0.05, 0) is 67.1 Å². The normalized spacial score (nSPS) is 13.4. The zero-order valence-corrected chi connectivity index (χ0v) is 29.0. The first kappa shape index (κ1) is 33.0. The molecule has 3 aromatic carbocycles. The molecule has 0 amide bonds. The molecule has 0 spiro atoms. The van der Waals surface area contributed by atoms with E-state index < -0.39 is 5.76 Å². The van der Waals surface area contributed by atoms with Crippen LogP contribution in [0, 0.1) is 6.92 Å². The monoisotopic (exact) mass is 630 g/mol. The molecule has 0 unspecified atom stereocenters. The molecule has 5 aromatic rings. The van der Waals surface area contributed by atoms with Gasteiger partial charge in [0, 0.05) is 30.4 Å². The largest absolute Gasteiger partial charge is 1.00 e. The van der Waals surface area contributed by atoms with Crippen LogP contribution >= 0.6 is 0 Å². The second kappa shape index (κ2) is 14.8. The summed E-state index contributed by atoms with van der Waals surface area (Å²) in [6, 6.07) is 23.2. The maximum absolute atomic E-state index is 14.0. The van der Waals surface area contributed by atoms with Crippen LogP contribution in [0.1, 0.15) is 63.1 Å². The number of carbonyl (C=O) groups is 1. The van der Waals surface area contributed by atoms with E-state index >= 15 is 0 Å². The van der Waals surface area contributed by atoms with Crippen LogP contribution in [0.15, 0.2) is 86.9 Å². The van der Waals surface area contributed by atoms with Crippen molar-refractivity contribution in [1.29, 1.82) is 0 Å². The molecule has 9 nitrogen and oxygen atoms in total. The first-order valence-electron chi connectivity index (χ1n) is 15.0. The van der Waals surface area contributed by atoms with Crippen molar-refractivity contribution in [3.63, 3.8) is 0 Å². The Morgan fingerprint density at radius 3 is 2.29 bits per heavy atom. The number of nitrogens with zero attached hydrogens (tertiary/aromatic N) is 3. The van der Waals surface area contributed by atoms with Crippen LogP contribution < -0.4 is 67.4 Å². The Hall–Kier alpha value is -3.41. The minimum Gasteiger partial charge on any atom is -1.00 e. The van der Waals surface area contributed by atoms with Crippen molar-refractivity contribution in [1.82, 2.24) is 19.7 Å². The first-order chi connectivity index (χ1) is 21.4. The summed E-state index contributed by atoms with van der Waals surface area (Å²) in [4.78, 5) is 44.6. The van der Waals surface area contributed by atoms with Crippen LogP contribution in [0.5, 0.6) is 5.75 Å². The van der Waals surface area contributed by atoms with Crippen molar-refractivity contribution in [2.75, 3.05) is 0 Å². The summed E-state index contributed by atoms with van der Waals surface area (Å²) in [5, 5.41) is 3.85. The predicted octanol–water partition coefficient (Wildman–Crippen LogP) is 3.10. The number of hydrogen-bond donors (Lipinski definition) is 1. The molecule has 0 atom stereocenters. The first-order valence-corrected chi connectivity index (χ1v) is 15.0. The quantitative estimate of drug-likeness (QED) is 0.249. The van der Waals surface area contributed by atoms with E-state index in [2.05, 4.69) is 17.1 Å². The van der Waals surface area contributed by atoms with E-state index in [1.54, 1.807) is 4.57 Å². The second-order valence-corrected chi connectivity index (χ2v) is 11.2. The molecule has 1 aliphatic carbocycles. The molecule has 10 heteroatoms. The van der Waals surface area contributed by atoms with Gasteiger partial charge < -0.3 is 6.16 Å². The molecular formula is C35H35KN4O5. The summed E-state index contributed by atoms with van der Waals surface area (Å²) < 4.78 is 12.5. The van der Waals surface area contributed by atoms with Gasteiger partial charge in [0.15, 0.2) is 5.82 Å². The third-order valence-electron chi connectivity index (χ3n) is 8.07. The Bertz CT molecular complexity index is 1910. The number of rotatable bonds is 9. The van der Waals surface area contributed by atoms with Crippen molar-refractivity contribution in [2.45, 2.75) is 64.9 Å². The molecule has 2 heterocycles. The number of benzene rings is 3. The fourth-order valence-corrected chi connectivity index (χ4v) is 5.83. The van der Waals surface area contributed by atoms with Gasteiger partial charge in [0.05, 0.1) is 17.5 Å². The summed E-state index contributed by atoms with van der Waals surface area (Å²) in [7, 11) is 0. The second-order valence-electron chi connectivity index (χ2n) is 11.2. The average molecular weight is 631 g/mol. The van der Waals surface area contributed by atoms with Crippen LogP contribution in [0.4, 0.5) is 0 Å². The number of aromatic amines is 1. The van der Waals surface area contributed by atoms with Crippen molar-refractivity contribution in [3.8, 4) is 34.0 Å². The number of ketones is 1. The molecule has 0 bridgehead atoms. The van der Waals surface area contributed by atoms with Gasteiger partial charge >= 0.3 is 57.1 Å². The maximum Gasteiger partial charge on any atom is 1.00 e. The number of H-pyrrole nitrogens is 1. The third-order valence-corrected chi connectivity index (χ3v) is 8.07. The van der Waals surface area contributed by atoms with E-state index in [0.29, 0.717) is 48.7 Å². The molecule has 1 saturated carbocycles. The van der Waals surface area contributed by atoms with E-state index in [9.17, 15) is 14.4 Å². The summed E-state index contributed by atoms with van der Waals surface area (Å²) in [6.07, 6.45) is 4.68. The van der Waals surface area contributed by atoms with Crippen LogP contribution in [0.3, 0.4) is 0 Å². The van der Waals surface area contributed by atoms with Gasteiger partial charge in [-0.3, -0.25) is 23.7 Å². The van der Waals surface area contributed by atoms with Gasteiger partial charge in [0.2, 0.25) is 0 Å². The summed E-state index contributed by atoms with van der Waals surface area (Å²) in [5.74, 6) is 1.43. The minimum atomic E-state index is -0.604. The fraction of sp³-hybridized carbons (Fsp3) is 0.286. The number of nitrogens with one attached hydrogen (secondary N) is 1. The zero-order valence-electron chi connectivity index (χ0n) is 26.8. The van der Waals surface area contributed by atoms with E-state index in [1.807, 2.05) is 79.7 Å². The number of ether oxygens (including phenoxy) is 1. The topological polar surface area (TPSA) is 120 Å². The fourth-order valence-electron chi connectivity index (χ4n) is 5.83. The van der Waals surface area contributed by atoms with Crippen LogP contribution in [-0.4, -0.2) is 31.6 Å². The van der Waals surface area contributed by atoms with Gasteiger partial charge in [-0.1, -0.05) is 67.0 Å². The smallest absolute Gasteiger partial charge is 1.00 e. The van der Waals surface area contributed by atoms with E-state index in [-0.39, 0.29) is 64.5 Å². The predicted molar refractivity (Wildman–Crippen MR) is 168 cm³/mol. The van der Waals surface area contributed by atoms with Gasteiger partial charge in [-0.15, -0.1) is 0 Å². The molecule has 45 heavy (non-hydrogen) atoms. The minimum absolute atomic E-state index is 0. The molecule has 226 valence electrons. The van der Waals surface area contributed by atoms with Crippen molar-refractivity contribution in [2.24, 2.45) is 0 Å². The number of Topliss-reactive ketones (excluding diaryl/α,β-unsaturated/α-hetero) is 1. The molecule has 1 N–H and O–H groups in total. The number of hydrogen-bond acceptors (Lipinski definition) is 7. The Balaban J connectivity index is 0.00000240. The van der Waals surface area contributed by atoms with E-state index in [0.717, 1.165) is 58.6 Å². The van der Waals surface area contributed by atoms with Gasteiger partial charge in [-0.2, -0.15) is 0 Å². The van der Waals surface area contributed by atoms with E-state index in [1.165, 1.54) is 0 Å². The average Bonchev–Trinajstić information content (AvgIpc) is 3.47. The SMILES string of the molecule is CCCc1nc(C)n(-c2ccc(OC3CCC(=O)CC3)cc2)c(=O)c1Cc1ccc(-c2ccccc2-c2noc(=O)[nH]2)cc1.[H-].[K+]. The maximum atomic E-state index is 14.0. The standard InChI is InChI=1S/C35H34N4O5.K.H/c1-3-6-32-31(21-23-9-11-24(12-10-23)29-7-4-5-8-30(29)33-37-35(42)44-38-33)34(41)39(22(2)36-32)25-13-17-27(18-14-25)43-28-19-15-26(40)16-20-28;;/h4-5,7-14,17-18,28H,3,6,15-16,19-21H2,1-2H3,(H,37,38,42);;/q;+1;-1. The van der Waals surface area contributed by atoms with E-state index in [4.69, 9.17) is 14.2 Å². The van der Waals surface area contributed by atoms with Crippen LogP contribution in [-0.2, 0) is 17.6 Å². The Kier molecular flexibility index (Phi) is 10.8. The van der Waals surface area contributed by atoms with Crippen molar-refractivity contribution in [3.05, 3.63) is 116 Å². The molecule has 0 aliphatic heterocycles. The molecule has 6 rings (SSSR count). The summed E-state index contributed by atoms with van der Waals surface area (Å²) in [6.45, 7) is 3.95. The molecule has 0 radical (unpaired) electrons. The van der Waals surface area contributed by atoms with Crippen molar-refractivity contribution < 1.29 is 66.9 Å². The third kappa shape index (κ3) is 7.53. The molecule has 1 fully saturated rings. The van der Waals surface area contributed by atoms with Gasteiger partial charge in [0.25, 0.3) is 5.56 Å². The molecule has 1 aliphatic rings. The van der Waals surface area contributed by atoms with Crippen LogP contribution in [0.2, 0.25) is 0 Å². The van der Waals surface area contributed by atoms with Crippen LogP contribution in [0.25, 0.3) is 28.2 Å². The zero-order chi connectivity index (χ0) is 30.6. The Labute approximate surface area is 305 Å². The molecule has 0 saturated heterocycles. The summed E-state index contributed by atoms with van der Waals surface area (Å²) in [5.41, 5.74) is 5.75. The Morgan fingerprint density at radius 1 is 0.956 bits per heavy atom. The number of aromatic nitrogens is 4. The molecule has 2 aromatic heterocycles.